The van der Waals surface area contributed by atoms with E-state index in [0.29, 0.717) is 6.04 Å². The summed E-state index contributed by atoms with van der Waals surface area (Å²) in [6, 6.07) is 20.4. The molecule has 23 heavy (non-hydrogen) atoms. The smallest absolute Gasteiger partial charge is 0.0940 e. The SMILES string of the molecule is C1=C2CC(N3Cc4ccccc4C3)CC2=NC1c1ccccc1. The van der Waals surface area contributed by atoms with Crippen LogP contribution in [0.5, 0.6) is 0 Å². The Morgan fingerprint density at radius 2 is 1.52 bits per heavy atom. The molecular formula is C21H20N2. The third-order valence-electron chi connectivity index (χ3n) is 5.43. The molecule has 2 aliphatic heterocycles. The lowest BCUT2D eigenvalue weighted by molar-refractivity contribution is 0.210. The number of rotatable bonds is 2. The van der Waals surface area contributed by atoms with Crippen LogP contribution >= 0.6 is 0 Å². The van der Waals surface area contributed by atoms with Crippen molar-refractivity contribution >= 4 is 5.71 Å². The molecule has 2 aromatic carbocycles. The second-order valence-corrected chi connectivity index (χ2v) is 6.86. The largest absolute Gasteiger partial charge is 0.291 e. The van der Waals surface area contributed by atoms with Crippen LogP contribution in [-0.4, -0.2) is 16.7 Å². The first-order valence-corrected chi connectivity index (χ1v) is 8.50. The van der Waals surface area contributed by atoms with Crippen LogP contribution in [0.15, 0.2) is 71.2 Å². The minimum absolute atomic E-state index is 0.248. The molecule has 0 spiro atoms. The second kappa shape index (κ2) is 5.17. The summed E-state index contributed by atoms with van der Waals surface area (Å²) in [5.74, 6) is 0. The van der Waals surface area contributed by atoms with Gasteiger partial charge >= 0.3 is 0 Å². The van der Waals surface area contributed by atoms with E-state index >= 15 is 0 Å². The number of aliphatic imine (C=N–C) groups is 1. The number of fused-ring (bicyclic) bond motifs is 2. The lowest BCUT2D eigenvalue weighted by Crippen LogP contribution is -2.28. The van der Waals surface area contributed by atoms with E-state index < -0.39 is 0 Å². The van der Waals surface area contributed by atoms with Crippen molar-refractivity contribution in [2.24, 2.45) is 4.99 Å². The summed E-state index contributed by atoms with van der Waals surface area (Å²) >= 11 is 0. The molecule has 2 heterocycles. The Balaban J connectivity index is 1.32. The van der Waals surface area contributed by atoms with Gasteiger partial charge in [-0.15, -0.1) is 0 Å². The first-order chi connectivity index (χ1) is 11.4. The zero-order chi connectivity index (χ0) is 15.2. The highest BCUT2D eigenvalue weighted by atomic mass is 15.2. The summed E-state index contributed by atoms with van der Waals surface area (Å²) < 4.78 is 0. The fraction of sp³-hybridized carbons (Fsp3) is 0.286. The van der Waals surface area contributed by atoms with Crippen molar-refractivity contribution in [2.75, 3.05) is 0 Å². The lowest BCUT2D eigenvalue weighted by Gasteiger charge is -2.22. The highest BCUT2D eigenvalue weighted by molar-refractivity contribution is 6.04. The van der Waals surface area contributed by atoms with E-state index in [1.807, 2.05) is 0 Å². The molecule has 1 saturated carbocycles. The van der Waals surface area contributed by atoms with Crippen LogP contribution < -0.4 is 0 Å². The van der Waals surface area contributed by atoms with Gasteiger partial charge in [0.15, 0.2) is 0 Å². The first-order valence-electron chi connectivity index (χ1n) is 8.50. The normalized spacial score (nSPS) is 25.9. The number of hydrogen-bond donors (Lipinski definition) is 0. The van der Waals surface area contributed by atoms with Gasteiger partial charge in [-0.3, -0.25) is 9.89 Å². The molecule has 5 rings (SSSR count). The molecule has 1 fully saturated rings. The highest BCUT2D eigenvalue weighted by Crippen LogP contribution is 2.39. The van der Waals surface area contributed by atoms with Gasteiger partial charge in [0.1, 0.15) is 0 Å². The number of benzene rings is 2. The topological polar surface area (TPSA) is 15.6 Å². The predicted molar refractivity (Wildman–Crippen MR) is 93.4 cm³/mol. The van der Waals surface area contributed by atoms with Crippen molar-refractivity contribution in [3.8, 4) is 0 Å². The third kappa shape index (κ3) is 2.25. The van der Waals surface area contributed by atoms with Crippen LogP contribution in [0.25, 0.3) is 0 Å². The fourth-order valence-electron chi connectivity index (χ4n) is 4.19. The van der Waals surface area contributed by atoms with E-state index in [9.17, 15) is 0 Å². The van der Waals surface area contributed by atoms with E-state index in [1.54, 1.807) is 0 Å². The predicted octanol–water partition coefficient (Wildman–Crippen LogP) is 4.29. The van der Waals surface area contributed by atoms with Gasteiger partial charge in [0.25, 0.3) is 0 Å². The summed E-state index contributed by atoms with van der Waals surface area (Å²) in [5.41, 5.74) is 7.15. The molecule has 2 aromatic rings. The van der Waals surface area contributed by atoms with E-state index in [4.69, 9.17) is 4.99 Å². The van der Waals surface area contributed by atoms with Gasteiger partial charge in [-0.05, 0) is 28.7 Å². The molecule has 2 atom stereocenters. The Bertz CT molecular complexity index is 757. The van der Waals surface area contributed by atoms with Crippen molar-refractivity contribution in [3.05, 3.63) is 82.9 Å². The summed E-state index contributed by atoms with van der Waals surface area (Å²) in [5, 5.41) is 0. The standard InChI is InChI=1S/C21H20N2/c1-2-6-15(7-3-1)20-11-18-10-19(12-21(18)22-20)23-13-16-8-4-5-9-17(16)14-23/h1-9,11,19-20H,10,12-14H2. The molecule has 3 aliphatic rings. The third-order valence-corrected chi connectivity index (χ3v) is 5.43. The van der Waals surface area contributed by atoms with E-state index in [1.165, 1.54) is 28.0 Å². The summed E-state index contributed by atoms with van der Waals surface area (Å²) in [6.07, 6.45) is 4.66. The van der Waals surface area contributed by atoms with Crippen LogP contribution in [-0.2, 0) is 13.1 Å². The Kier molecular flexibility index (Phi) is 2.98. The van der Waals surface area contributed by atoms with Crippen LogP contribution in [0, 0.1) is 0 Å². The Hall–Kier alpha value is -2.19. The van der Waals surface area contributed by atoms with Crippen molar-refractivity contribution < 1.29 is 0 Å². The minimum Gasteiger partial charge on any atom is -0.291 e. The summed E-state index contributed by atoms with van der Waals surface area (Å²) in [6.45, 7) is 2.20. The van der Waals surface area contributed by atoms with Gasteiger partial charge in [-0.25, -0.2) is 0 Å². The van der Waals surface area contributed by atoms with E-state index in [2.05, 4.69) is 65.6 Å². The van der Waals surface area contributed by atoms with Gasteiger partial charge in [0.05, 0.1) is 6.04 Å². The molecule has 0 aromatic heterocycles. The molecule has 0 N–H and O–H groups in total. The second-order valence-electron chi connectivity index (χ2n) is 6.86. The number of nitrogens with zero attached hydrogens (tertiary/aromatic N) is 2. The maximum atomic E-state index is 4.99. The van der Waals surface area contributed by atoms with Gasteiger partial charge in [0, 0.05) is 31.3 Å². The van der Waals surface area contributed by atoms with E-state index in [-0.39, 0.29) is 6.04 Å². The zero-order valence-corrected chi connectivity index (χ0v) is 13.2. The molecule has 0 bridgehead atoms. The molecule has 0 radical (unpaired) electrons. The molecule has 0 saturated heterocycles. The first kappa shape index (κ1) is 13.3. The quantitative estimate of drug-likeness (QED) is 0.808. The molecule has 114 valence electrons. The summed E-state index contributed by atoms with van der Waals surface area (Å²) in [4.78, 5) is 7.62. The molecule has 1 aliphatic carbocycles. The van der Waals surface area contributed by atoms with Gasteiger partial charge in [-0.1, -0.05) is 60.7 Å². The van der Waals surface area contributed by atoms with Crippen molar-refractivity contribution in [3.63, 3.8) is 0 Å². The maximum Gasteiger partial charge on any atom is 0.0940 e. The molecule has 0 amide bonds. The lowest BCUT2D eigenvalue weighted by atomic mass is 10.1. The van der Waals surface area contributed by atoms with Crippen LogP contribution in [0.2, 0.25) is 0 Å². The van der Waals surface area contributed by atoms with Crippen molar-refractivity contribution in [1.29, 1.82) is 0 Å². The van der Waals surface area contributed by atoms with Crippen LogP contribution in [0.3, 0.4) is 0 Å². The number of hydrogen-bond acceptors (Lipinski definition) is 2. The fourth-order valence-corrected chi connectivity index (χ4v) is 4.19. The minimum atomic E-state index is 0.248. The monoisotopic (exact) mass is 300 g/mol. The van der Waals surface area contributed by atoms with Crippen LogP contribution in [0.4, 0.5) is 0 Å². The molecular weight excluding hydrogens is 280 g/mol. The molecule has 2 unspecified atom stereocenters. The Morgan fingerprint density at radius 3 is 2.22 bits per heavy atom. The van der Waals surface area contributed by atoms with Crippen molar-refractivity contribution in [2.45, 2.75) is 38.0 Å². The molecule has 2 heteroatoms. The van der Waals surface area contributed by atoms with E-state index in [0.717, 1.165) is 25.9 Å². The molecule has 2 nitrogen and oxygen atoms in total. The Morgan fingerprint density at radius 1 is 0.826 bits per heavy atom. The van der Waals surface area contributed by atoms with Crippen LogP contribution in [0.1, 0.15) is 35.6 Å². The summed E-state index contributed by atoms with van der Waals surface area (Å²) in [7, 11) is 0. The average molecular weight is 300 g/mol. The van der Waals surface area contributed by atoms with Gasteiger partial charge < -0.3 is 0 Å². The highest BCUT2D eigenvalue weighted by Gasteiger charge is 2.35. The zero-order valence-electron chi connectivity index (χ0n) is 13.2. The average Bonchev–Trinajstić information content (AvgIpc) is 3.27. The Labute approximate surface area is 137 Å². The van der Waals surface area contributed by atoms with Gasteiger partial charge in [0.2, 0.25) is 0 Å². The van der Waals surface area contributed by atoms with Gasteiger partial charge in [-0.2, -0.15) is 0 Å². The van der Waals surface area contributed by atoms with Crippen molar-refractivity contribution in [1.82, 2.24) is 4.90 Å². The maximum absolute atomic E-state index is 4.99.